The van der Waals surface area contributed by atoms with Crippen LogP contribution in [-0.2, 0) is 16.6 Å². The Bertz CT molecular complexity index is 575. The molecular weight excluding hydrogens is 334 g/mol. The third-order valence-corrected chi connectivity index (χ3v) is 5.76. The van der Waals surface area contributed by atoms with Gasteiger partial charge in [-0.15, -0.1) is 12.4 Å². The van der Waals surface area contributed by atoms with E-state index in [0.29, 0.717) is 11.4 Å². The first kappa shape index (κ1) is 20.4. The minimum Gasteiger partial charge on any atom is -0.330 e. The molecule has 7 heteroatoms. The molecule has 132 valence electrons. The lowest BCUT2D eigenvalue weighted by Crippen LogP contribution is -2.44. The molecule has 1 saturated carbocycles. The fourth-order valence-corrected chi connectivity index (χ4v) is 4.39. The molecule has 0 spiro atoms. The van der Waals surface area contributed by atoms with Crippen LogP contribution in [-0.4, -0.2) is 40.0 Å². The fourth-order valence-electron chi connectivity index (χ4n) is 3.05. The minimum atomic E-state index is -3.47. The number of benzene rings is 1. The highest BCUT2D eigenvalue weighted by Gasteiger charge is 2.28. The average molecular weight is 362 g/mol. The molecule has 23 heavy (non-hydrogen) atoms. The van der Waals surface area contributed by atoms with Gasteiger partial charge in [0.2, 0.25) is 10.0 Å². The van der Waals surface area contributed by atoms with Crippen molar-refractivity contribution < 1.29 is 8.42 Å². The minimum absolute atomic E-state index is 0. The van der Waals surface area contributed by atoms with Gasteiger partial charge in [-0.3, -0.25) is 0 Å². The van der Waals surface area contributed by atoms with Crippen LogP contribution in [0.5, 0.6) is 0 Å². The number of nitrogens with zero attached hydrogens (tertiary/aromatic N) is 1. The van der Waals surface area contributed by atoms with E-state index in [2.05, 4.69) is 9.62 Å². The highest BCUT2D eigenvalue weighted by atomic mass is 35.5. The Morgan fingerprint density at radius 1 is 1.17 bits per heavy atom. The van der Waals surface area contributed by atoms with Crippen LogP contribution in [0.3, 0.4) is 0 Å². The van der Waals surface area contributed by atoms with Gasteiger partial charge < -0.3 is 10.6 Å². The summed E-state index contributed by atoms with van der Waals surface area (Å²) in [5.74, 6) is 0.247. The van der Waals surface area contributed by atoms with Gasteiger partial charge in [0.05, 0.1) is 4.90 Å². The summed E-state index contributed by atoms with van der Waals surface area (Å²) in [4.78, 5) is 2.38. The molecule has 0 bridgehead atoms. The first-order valence-corrected chi connectivity index (χ1v) is 9.37. The molecule has 1 aromatic carbocycles. The van der Waals surface area contributed by atoms with Crippen molar-refractivity contribution in [3.63, 3.8) is 0 Å². The zero-order chi connectivity index (χ0) is 16.2. The zero-order valence-electron chi connectivity index (χ0n) is 13.9. The quantitative estimate of drug-likeness (QED) is 0.812. The van der Waals surface area contributed by atoms with Crippen LogP contribution in [0, 0.1) is 5.92 Å². The highest BCUT2D eigenvalue weighted by molar-refractivity contribution is 7.89. The summed E-state index contributed by atoms with van der Waals surface area (Å²) >= 11 is 0. The maximum Gasteiger partial charge on any atom is 0.240 e. The standard InChI is InChI=1S/C16H27N3O2S.ClH/c1-19(2)12-13-7-9-15(10-8-13)22(20,21)18-16-6-4-3-5-14(16)11-17;/h7-10,14,16,18H,3-6,11-12,17H2,1-2H3;1H. The number of halogens is 1. The fraction of sp³-hybridized carbons (Fsp3) is 0.625. The Kier molecular flexibility index (Phi) is 7.97. The number of sulfonamides is 1. The predicted molar refractivity (Wildman–Crippen MR) is 96.2 cm³/mol. The first-order valence-electron chi connectivity index (χ1n) is 7.88. The number of nitrogens with one attached hydrogen (secondary N) is 1. The molecule has 0 aromatic heterocycles. The Morgan fingerprint density at radius 3 is 2.35 bits per heavy atom. The summed E-state index contributed by atoms with van der Waals surface area (Å²) in [6.45, 7) is 1.33. The van der Waals surface area contributed by atoms with Crippen LogP contribution >= 0.6 is 12.4 Å². The maximum atomic E-state index is 12.5. The number of hydrogen-bond donors (Lipinski definition) is 2. The van der Waals surface area contributed by atoms with Gasteiger partial charge in [-0.25, -0.2) is 13.1 Å². The van der Waals surface area contributed by atoms with E-state index in [1.807, 2.05) is 26.2 Å². The van der Waals surface area contributed by atoms with Gasteiger partial charge in [-0.1, -0.05) is 25.0 Å². The van der Waals surface area contributed by atoms with Crippen LogP contribution in [0.4, 0.5) is 0 Å². The third kappa shape index (κ3) is 5.72. The van der Waals surface area contributed by atoms with Crippen molar-refractivity contribution in [2.75, 3.05) is 20.6 Å². The molecule has 0 radical (unpaired) electrons. The van der Waals surface area contributed by atoms with Crippen molar-refractivity contribution in [3.8, 4) is 0 Å². The van der Waals surface area contributed by atoms with Crippen LogP contribution in [0.2, 0.25) is 0 Å². The van der Waals surface area contributed by atoms with Crippen LogP contribution in [0.1, 0.15) is 31.2 Å². The molecule has 3 N–H and O–H groups in total. The number of rotatable bonds is 6. The van der Waals surface area contributed by atoms with Gasteiger partial charge in [-0.05, 0) is 57.1 Å². The highest BCUT2D eigenvalue weighted by Crippen LogP contribution is 2.25. The Morgan fingerprint density at radius 2 is 1.78 bits per heavy atom. The summed E-state index contributed by atoms with van der Waals surface area (Å²) in [5.41, 5.74) is 6.88. The first-order chi connectivity index (χ1) is 10.4. The second-order valence-electron chi connectivity index (χ2n) is 6.39. The van der Waals surface area contributed by atoms with Crippen molar-refractivity contribution in [1.82, 2.24) is 9.62 Å². The Labute approximate surface area is 146 Å². The smallest absolute Gasteiger partial charge is 0.240 e. The zero-order valence-corrected chi connectivity index (χ0v) is 15.5. The molecule has 0 aliphatic heterocycles. The number of nitrogens with two attached hydrogens (primary N) is 1. The third-order valence-electron chi connectivity index (χ3n) is 4.25. The second-order valence-corrected chi connectivity index (χ2v) is 8.10. The van der Waals surface area contributed by atoms with E-state index >= 15 is 0 Å². The summed E-state index contributed by atoms with van der Waals surface area (Å²) < 4.78 is 27.9. The van der Waals surface area contributed by atoms with Gasteiger partial charge in [0.15, 0.2) is 0 Å². The van der Waals surface area contributed by atoms with E-state index < -0.39 is 10.0 Å². The lowest BCUT2D eigenvalue weighted by molar-refractivity contribution is 0.296. The van der Waals surface area contributed by atoms with Crippen molar-refractivity contribution in [2.24, 2.45) is 11.7 Å². The van der Waals surface area contributed by atoms with E-state index in [0.717, 1.165) is 37.8 Å². The van der Waals surface area contributed by atoms with Gasteiger partial charge >= 0.3 is 0 Å². The molecule has 2 rings (SSSR count). The largest absolute Gasteiger partial charge is 0.330 e. The van der Waals surface area contributed by atoms with Crippen molar-refractivity contribution in [1.29, 1.82) is 0 Å². The summed E-state index contributed by atoms with van der Waals surface area (Å²) in [5, 5.41) is 0. The molecular formula is C16H28ClN3O2S. The van der Waals surface area contributed by atoms with Crippen LogP contribution in [0.15, 0.2) is 29.2 Å². The molecule has 0 heterocycles. The Hall–Kier alpha value is -0.660. The molecule has 1 aromatic rings. The topological polar surface area (TPSA) is 75.4 Å². The van der Waals surface area contributed by atoms with Crippen LogP contribution < -0.4 is 10.5 Å². The van der Waals surface area contributed by atoms with Crippen molar-refractivity contribution in [3.05, 3.63) is 29.8 Å². The average Bonchev–Trinajstić information content (AvgIpc) is 2.47. The lowest BCUT2D eigenvalue weighted by atomic mass is 9.85. The molecule has 2 unspecified atom stereocenters. The molecule has 1 aliphatic carbocycles. The van der Waals surface area contributed by atoms with Gasteiger partial charge in [0.25, 0.3) is 0 Å². The normalized spacial score (nSPS) is 21.9. The maximum absolute atomic E-state index is 12.5. The molecule has 5 nitrogen and oxygen atoms in total. The predicted octanol–water partition coefficient (Wildman–Crippen LogP) is 1.97. The molecule has 1 fully saturated rings. The van der Waals surface area contributed by atoms with Crippen LogP contribution in [0.25, 0.3) is 0 Å². The van der Waals surface area contributed by atoms with Gasteiger partial charge in [0, 0.05) is 12.6 Å². The SMILES string of the molecule is CN(C)Cc1ccc(S(=O)(=O)NC2CCCCC2CN)cc1.Cl. The molecule has 0 amide bonds. The summed E-state index contributed by atoms with van der Waals surface area (Å²) in [6.07, 6.45) is 4.08. The van der Waals surface area contributed by atoms with E-state index in [1.165, 1.54) is 0 Å². The van der Waals surface area contributed by atoms with E-state index in [9.17, 15) is 8.42 Å². The molecule has 2 atom stereocenters. The van der Waals surface area contributed by atoms with Crippen molar-refractivity contribution >= 4 is 22.4 Å². The van der Waals surface area contributed by atoms with Gasteiger partial charge in [-0.2, -0.15) is 0 Å². The molecule has 0 saturated heterocycles. The van der Waals surface area contributed by atoms with E-state index in [4.69, 9.17) is 5.73 Å². The van der Waals surface area contributed by atoms with E-state index in [1.54, 1.807) is 12.1 Å². The number of hydrogen-bond acceptors (Lipinski definition) is 4. The van der Waals surface area contributed by atoms with Crippen molar-refractivity contribution in [2.45, 2.75) is 43.2 Å². The summed E-state index contributed by atoms with van der Waals surface area (Å²) in [6, 6.07) is 7.07. The molecule has 1 aliphatic rings. The Balaban J connectivity index is 0.00000264. The lowest BCUT2D eigenvalue weighted by Gasteiger charge is -2.31. The second kappa shape index (κ2) is 8.99. The van der Waals surface area contributed by atoms with E-state index in [-0.39, 0.29) is 24.4 Å². The monoisotopic (exact) mass is 361 g/mol. The van der Waals surface area contributed by atoms with Gasteiger partial charge in [0.1, 0.15) is 0 Å². The summed E-state index contributed by atoms with van der Waals surface area (Å²) in [7, 11) is 0.509.